The molecule has 0 amide bonds. The Hall–Kier alpha value is -2.26. The number of piperidine rings is 1. The predicted octanol–water partition coefficient (Wildman–Crippen LogP) is 2.05. The van der Waals surface area contributed by atoms with E-state index in [0.29, 0.717) is 18.4 Å². The van der Waals surface area contributed by atoms with Gasteiger partial charge in [0.2, 0.25) is 5.88 Å². The van der Waals surface area contributed by atoms with Crippen LogP contribution in [0.1, 0.15) is 35.2 Å². The normalized spacial score (nSPS) is 18.3. The Balaban J connectivity index is 1.33. The molecule has 0 saturated carbocycles. The van der Waals surface area contributed by atoms with Crippen LogP contribution < -0.4 is 9.64 Å². The monoisotopic (exact) mass is 372 g/mol. The minimum atomic E-state index is 0.346. The van der Waals surface area contributed by atoms with E-state index in [1.807, 2.05) is 16.6 Å². The lowest BCUT2D eigenvalue weighted by Gasteiger charge is -2.30. The van der Waals surface area contributed by atoms with E-state index >= 15 is 0 Å². The number of thiazole rings is 1. The van der Waals surface area contributed by atoms with Gasteiger partial charge in [0.25, 0.3) is 0 Å². The van der Waals surface area contributed by atoms with Crippen molar-refractivity contribution < 1.29 is 9.47 Å². The highest BCUT2D eigenvalue weighted by Crippen LogP contribution is 2.34. The summed E-state index contributed by atoms with van der Waals surface area (Å²) in [6.07, 6.45) is 2.96. The molecule has 3 aromatic rings. The zero-order valence-electron chi connectivity index (χ0n) is 14.6. The molecule has 0 radical (unpaired) electrons. The molecule has 0 N–H and O–H groups in total. The van der Waals surface area contributed by atoms with Crippen LogP contribution >= 0.6 is 11.3 Å². The number of aromatic nitrogens is 5. The van der Waals surface area contributed by atoms with Gasteiger partial charge in [0.1, 0.15) is 0 Å². The number of methoxy groups -OCH3 is 1. The minimum absolute atomic E-state index is 0.346. The SMILES string of the molecule is COc1ccc2nnc(C3CCN(c4nc5c(s4)COCC5)CC3)n2n1. The van der Waals surface area contributed by atoms with E-state index in [0.717, 1.165) is 55.6 Å². The fourth-order valence-electron chi connectivity index (χ4n) is 3.63. The Morgan fingerprint density at radius 3 is 2.92 bits per heavy atom. The van der Waals surface area contributed by atoms with Gasteiger partial charge in [-0.1, -0.05) is 11.3 Å². The van der Waals surface area contributed by atoms with Crippen LogP contribution in [0.2, 0.25) is 0 Å². The van der Waals surface area contributed by atoms with E-state index in [-0.39, 0.29) is 0 Å². The second-order valence-electron chi connectivity index (χ2n) is 6.63. The lowest BCUT2D eigenvalue weighted by Crippen LogP contribution is -2.33. The van der Waals surface area contributed by atoms with Crippen LogP contribution in [0.25, 0.3) is 5.65 Å². The van der Waals surface area contributed by atoms with Crippen LogP contribution in [0.3, 0.4) is 0 Å². The average Bonchev–Trinajstić information content (AvgIpc) is 3.31. The highest BCUT2D eigenvalue weighted by atomic mass is 32.1. The molecule has 5 heterocycles. The largest absolute Gasteiger partial charge is 0.480 e. The molecule has 3 aromatic heterocycles. The molecule has 26 heavy (non-hydrogen) atoms. The van der Waals surface area contributed by atoms with Gasteiger partial charge in [0.15, 0.2) is 16.6 Å². The average molecular weight is 372 g/mol. The first-order valence-corrected chi connectivity index (χ1v) is 9.71. The van der Waals surface area contributed by atoms with Crippen molar-refractivity contribution in [2.24, 2.45) is 0 Å². The second kappa shape index (κ2) is 6.48. The van der Waals surface area contributed by atoms with Gasteiger partial charge in [-0.2, -0.15) is 4.52 Å². The summed E-state index contributed by atoms with van der Waals surface area (Å²) in [5.41, 5.74) is 1.98. The third-order valence-corrected chi connectivity index (χ3v) is 6.22. The fraction of sp³-hybridized carbons (Fsp3) is 0.529. The van der Waals surface area contributed by atoms with E-state index in [4.69, 9.17) is 14.5 Å². The van der Waals surface area contributed by atoms with Gasteiger partial charge >= 0.3 is 0 Å². The molecule has 0 aromatic carbocycles. The maximum atomic E-state index is 5.54. The minimum Gasteiger partial charge on any atom is -0.480 e. The Labute approximate surface area is 154 Å². The first-order chi connectivity index (χ1) is 12.8. The molecule has 1 saturated heterocycles. The molecule has 0 bridgehead atoms. The fourth-order valence-corrected chi connectivity index (χ4v) is 4.72. The predicted molar refractivity (Wildman–Crippen MR) is 97.0 cm³/mol. The van der Waals surface area contributed by atoms with E-state index in [1.54, 1.807) is 18.4 Å². The number of fused-ring (bicyclic) bond motifs is 2. The van der Waals surface area contributed by atoms with E-state index in [1.165, 1.54) is 10.6 Å². The smallest absolute Gasteiger partial charge is 0.231 e. The summed E-state index contributed by atoms with van der Waals surface area (Å²) in [6, 6.07) is 3.70. The van der Waals surface area contributed by atoms with Crippen molar-refractivity contribution in [3.8, 4) is 5.88 Å². The van der Waals surface area contributed by atoms with E-state index < -0.39 is 0 Å². The van der Waals surface area contributed by atoms with Crippen molar-refractivity contribution in [2.45, 2.75) is 31.8 Å². The topological polar surface area (TPSA) is 77.7 Å². The van der Waals surface area contributed by atoms with Crippen LogP contribution in [0.4, 0.5) is 5.13 Å². The molecule has 136 valence electrons. The molecule has 0 aliphatic carbocycles. The molecule has 1 fully saturated rings. The number of ether oxygens (including phenoxy) is 2. The standard InChI is InChI=1S/C17H20N6O2S/c1-24-15-3-2-14-19-20-16(23(14)21-15)11-4-7-22(8-5-11)17-18-12-6-9-25-10-13(12)26-17/h2-3,11H,4-10H2,1H3. The highest BCUT2D eigenvalue weighted by molar-refractivity contribution is 7.15. The third kappa shape index (κ3) is 2.71. The van der Waals surface area contributed by atoms with Crippen molar-refractivity contribution in [1.29, 1.82) is 0 Å². The number of nitrogens with zero attached hydrogens (tertiary/aromatic N) is 6. The number of hydrogen-bond acceptors (Lipinski definition) is 8. The molecule has 0 spiro atoms. The molecule has 0 unspecified atom stereocenters. The maximum Gasteiger partial charge on any atom is 0.231 e. The van der Waals surface area contributed by atoms with Crippen molar-refractivity contribution in [2.75, 3.05) is 31.7 Å². The highest BCUT2D eigenvalue weighted by Gasteiger charge is 2.27. The molecule has 9 heteroatoms. The summed E-state index contributed by atoms with van der Waals surface area (Å²) in [5, 5.41) is 14.3. The summed E-state index contributed by atoms with van der Waals surface area (Å²) >= 11 is 1.78. The van der Waals surface area contributed by atoms with Crippen LogP contribution in [0.15, 0.2) is 12.1 Å². The molecule has 5 rings (SSSR count). The summed E-state index contributed by atoms with van der Waals surface area (Å²) in [5.74, 6) is 1.84. The van der Waals surface area contributed by atoms with Gasteiger partial charge in [0, 0.05) is 31.5 Å². The van der Waals surface area contributed by atoms with Gasteiger partial charge in [-0.25, -0.2) is 4.98 Å². The lowest BCUT2D eigenvalue weighted by molar-refractivity contribution is 0.112. The molecule has 2 aliphatic heterocycles. The zero-order valence-corrected chi connectivity index (χ0v) is 15.4. The Bertz CT molecular complexity index is 907. The molecule has 2 aliphatic rings. The molecule has 8 nitrogen and oxygen atoms in total. The number of rotatable bonds is 3. The van der Waals surface area contributed by atoms with Gasteiger partial charge < -0.3 is 14.4 Å². The van der Waals surface area contributed by atoms with Crippen LogP contribution in [0.5, 0.6) is 5.88 Å². The quantitative estimate of drug-likeness (QED) is 0.696. The first kappa shape index (κ1) is 16.0. The molecule has 0 atom stereocenters. The van der Waals surface area contributed by atoms with Crippen molar-refractivity contribution in [1.82, 2.24) is 24.8 Å². The van der Waals surface area contributed by atoms with E-state index in [9.17, 15) is 0 Å². The Morgan fingerprint density at radius 2 is 2.12 bits per heavy atom. The molecular weight excluding hydrogens is 352 g/mol. The summed E-state index contributed by atoms with van der Waals surface area (Å²) in [6.45, 7) is 3.44. The summed E-state index contributed by atoms with van der Waals surface area (Å²) in [7, 11) is 1.62. The van der Waals surface area contributed by atoms with Gasteiger partial charge in [-0.3, -0.25) is 0 Å². The van der Waals surface area contributed by atoms with Crippen LogP contribution in [0, 0.1) is 0 Å². The molecular formula is C17H20N6O2S. The third-order valence-electron chi connectivity index (χ3n) is 5.09. The first-order valence-electron chi connectivity index (χ1n) is 8.89. The van der Waals surface area contributed by atoms with Gasteiger partial charge in [0.05, 0.1) is 30.9 Å². The number of anilines is 1. The van der Waals surface area contributed by atoms with E-state index in [2.05, 4.69) is 20.2 Å². The van der Waals surface area contributed by atoms with Crippen molar-refractivity contribution >= 4 is 22.1 Å². The van der Waals surface area contributed by atoms with Crippen LogP contribution in [-0.2, 0) is 17.8 Å². The second-order valence-corrected chi connectivity index (χ2v) is 7.70. The van der Waals surface area contributed by atoms with Gasteiger partial charge in [-0.15, -0.1) is 15.3 Å². The lowest BCUT2D eigenvalue weighted by atomic mass is 9.96. The van der Waals surface area contributed by atoms with Crippen molar-refractivity contribution in [3.05, 3.63) is 28.5 Å². The summed E-state index contributed by atoms with van der Waals surface area (Å²) in [4.78, 5) is 8.51. The van der Waals surface area contributed by atoms with Crippen molar-refractivity contribution in [3.63, 3.8) is 0 Å². The number of hydrogen-bond donors (Lipinski definition) is 0. The summed E-state index contributed by atoms with van der Waals surface area (Å²) < 4.78 is 12.6. The maximum absolute atomic E-state index is 5.54. The Kier molecular flexibility index (Phi) is 3.97. The zero-order chi connectivity index (χ0) is 17.5. The van der Waals surface area contributed by atoms with Crippen LogP contribution in [-0.4, -0.2) is 51.6 Å². The Morgan fingerprint density at radius 1 is 1.23 bits per heavy atom. The van der Waals surface area contributed by atoms with Gasteiger partial charge in [-0.05, 0) is 18.9 Å².